The second kappa shape index (κ2) is 8.66. The van der Waals surface area contributed by atoms with Gasteiger partial charge in [-0.1, -0.05) is 18.2 Å². The Morgan fingerprint density at radius 1 is 1.15 bits per heavy atom. The molecule has 0 bridgehead atoms. The number of aromatic amines is 1. The number of hydrogen-bond donors (Lipinski definition) is 3. The molecular formula is C18H24N4O3S. The molecule has 0 aliphatic rings. The molecule has 1 aromatic heterocycles. The highest BCUT2D eigenvalue weighted by Gasteiger charge is 2.16. The Kier molecular flexibility index (Phi) is 6.57. The van der Waals surface area contributed by atoms with Crippen LogP contribution in [0.3, 0.4) is 0 Å². The minimum absolute atomic E-state index is 0.238. The fourth-order valence-corrected chi connectivity index (χ4v) is 2.52. The predicted octanol–water partition coefficient (Wildman–Crippen LogP) is 3.18. The van der Waals surface area contributed by atoms with Crippen molar-refractivity contribution < 1.29 is 14.3 Å². The molecule has 2 amide bonds. The maximum Gasteiger partial charge on any atom is 0.407 e. The summed E-state index contributed by atoms with van der Waals surface area (Å²) in [6.07, 6.45) is 1.71. The molecule has 0 saturated carbocycles. The average molecular weight is 376 g/mol. The number of hydrogen-bond acceptors (Lipinski definition) is 4. The minimum atomic E-state index is -0.528. The Morgan fingerprint density at radius 3 is 2.46 bits per heavy atom. The summed E-state index contributed by atoms with van der Waals surface area (Å²) in [7, 11) is 0. The summed E-state index contributed by atoms with van der Waals surface area (Å²) in [4.78, 5) is 26.9. The number of carbonyl (C=O) groups is 2. The van der Waals surface area contributed by atoms with E-state index in [9.17, 15) is 9.59 Å². The number of ether oxygens (including phenoxy) is 1. The van der Waals surface area contributed by atoms with Gasteiger partial charge in [-0.05, 0) is 51.5 Å². The van der Waals surface area contributed by atoms with E-state index in [1.165, 1.54) is 0 Å². The van der Waals surface area contributed by atoms with Crippen LogP contribution in [-0.4, -0.2) is 40.2 Å². The zero-order valence-corrected chi connectivity index (χ0v) is 16.0. The van der Waals surface area contributed by atoms with Crippen LogP contribution in [-0.2, 0) is 4.74 Å². The molecule has 7 nitrogen and oxygen atoms in total. The molecule has 0 aliphatic carbocycles. The third-order valence-electron chi connectivity index (χ3n) is 3.33. The van der Waals surface area contributed by atoms with E-state index in [1.807, 2.05) is 30.3 Å². The van der Waals surface area contributed by atoms with Gasteiger partial charge in [0.1, 0.15) is 11.3 Å². The number of nitrogens with zero attached hydrogens (tertiary/aromatic N) is 1. The number of benzene rings is 1. The lowest BCUT2D eigenvalue weighted by atomic mass is 10.2. The van der Waals surface area contributed by atoms with Crippen molar-refractivity contribution in [2.45, 2.75) is 32.8 Å². The van der Waals surface area contributed by atoms with Crippen molar-refractivity contribution in [2.75, 3.05) is 13.1 Å². The summed E-state index contributed by atoms with van der Waals surface area (Å²) in [5, 5.41) is 5.48. The van der Waals surface area contributed by atoms with Gasteiger partial charge in [-0.15, -0.1) is 0 Å². The second-order valence-electron chi connectivity index (χ2n) is 6.69. The molecule has 0 spiro atoms. The molecule has 0 radical (unpaired) electrons. The first kappa shape index (κ1) is 19.7. The first-order chi connectivity index (χ1) is 12.3. The molecule has 2 aromatic rings. The van der Waals surface area contributed by atoms with E-state index in [0.29, 0.717) is 30.0 Å². The first-order valence-electron chi connectivity index (χ1n) is 8.39. The monoisotopic (exact) mass is 376 g/mol. The van der Waals surface area contributed by atoms with Gasteiger partial charge in [0.2, 0.25) is 0 Å². The summed E-state index contributed by atoms with van der Waals surface area (Å²) in [5.74, 6) is -0.238. The summed E-state index contributed by atoms with van der Waals surface area (Å²) in [6, 6.07) is 9.43. The molecule has 0 unspecified atom stereocenters. The highest BCUT2D eigenvalue weighted by Crippen LogP contribution is 2.12. The van der Waals surface area contributed by atoms with Crippen LogP contribution in [0.5, 0.6) is 0 Å². The summed E-state index contributed by atoms with van der Waals surface area (Å²) < 4.78 is 7.28. The minimum Gasteiger partial charge on any atom is -0.444 e. The second-order valence-corrected chi connectivity index (χ2v) is 7.07. The van der Waals surface area contributed by atoms with Crippen LogP contribution in [0.25, 0.3) is 5.69 Å². The number of para-hydroxylation sites is 1. The first-order valence-corrected chi connectivity index (χ1v) is 8.79. The normalized spacial score (nSPS) is 11.0. The van der Waals surface area contributed by atoms with Gasteiger partial charge in [0.15, 0.2) is 4.77 Å². The van der Waals surface area contributed by atoms with Crippen molar-refractivity contribution in [3.8, 4) is 5.69 Å². The zero-order chi connectivity index (χ0) is 19.2. The van der Waals surface area contributed by atoms with E-state index in [2.05, 4.69) is 15.6 Å². The third kappa shape index (κ3) is 5.73. The van der Waals surface area contributed by atoms with Crippen molar-refractivity contribution in [3.63, 3.8) is 0 Å². The van der Waals surface area contributed by atoms with Gasteiger partial charge in [-0.2, -0.15) is 0 Å². The van der Waals surface area contributed by atoms with E-state index in [1.54, 1.807) is 31.5 Å². The fraction of sp³-hybridized carbons (Fsp3) is 0.389. The smallest absolute Gasteiger partial charge is 0.407 e. The van der Waals surface area contributed by atoms with E-state index in [0.717, 1.165) is 5.69 Å². The van der Waals surface area contributed by atoms with Crippen LogP contribution in [0, 0.1) is 4.77 Å². The van der Waals surface area contributed by atoms with Crippen LogP contribution < -0.4 is 10.6 Å². The van der Waals surface area contributed by atoms with Crippen LogP contribution in [0.1, 0.15) is 37.7 Å². The Bertz CT molecular complexity index is 806. The molecule has 1 heterocycles. The van der Waals surface area contributed by atoms with Crippen molar-refractivity contribution in [3.05, 3.63) is 47.0 Å². The van der Waals surface area contributed by atoms with Gasteiger partial charge < -0.3 is 20.4 Å². The molecule has 0 saturated heterocycles. The van der Waals surface area contributed by atoms with E-state index in [-0.39, 0.29) is 5.91 Å². The number of rotatable bonds is 6. The summed E-state index contributed by atoms with van der Waals surface area (Å²) in [5.41, 5.74) is 0.719. The Hall–Kier alpha value is -2.61. The van der Waals surface area contributed by atoms with Gasteiger partial charge in [-0.25, -0.2) is 4.79 Å². The predicted molar refractivity (Wildman–Crippen MR) is 102 cm³/mol. The lowest BCUT2D eigenvalue weighted by molar-refractivity contribution is 0.0527. The van der Waals surface area contributed by atoms with Gasteiger partial charge in [0.05, 0.1) is 0 Å². The summed E-state index contributed by atoms with van der Waals surface area (Å²) >= 11 is 5.27. The number of imidazole rings is 1. The van der Waals surface area contributed by atoms with Crippen molar-refractivity contribution in [2.24, 2.45) is 0 Å². The number of H-pyrrole nitrogens is 1. The number of amides is 2. The van der Waals surface area contributed by atoms with Crippen LogP contribution >= 0.6 is 12.2 Å². The topological polar surface area (TPSA) is 88.2 Å². The Morgan fingerprint density at radius 2 is 1.81 bits per heavy atom. The van der Waals surface area contributed by atoms with Gasteiger partial charge in [-0.3, -0.25) is 9.36 Å². The van der Waals surface area contributed by atoms with Crippen molar-refractivity contribution >= 4 is 24.2 Å². The maximum atomic E-state index is 12.4. The van der Waals surface area contributed by atoms with Gasteiger partial charge >= 0.3 is 6.09 Å². The molecule has 0 fully saturated rings. The standard InChI is InChI=1S/C18H24N4O3S/c1-18(2,3)25-17(24)20-11-7-10-19-15(23)14-12-21-16(26)22(14)13-8-5-4-6-9-13/h4-6,8-9,12H,7,10-11H2,1-3H3,(H,19,23)(H,20,24)(H,21,26). The average Bonchev–Trinajstić information content (AvgIpc) is 2.95. The number of alkyl carbamates (subject to hydrolysis) is 1. The Balaban J connectivity index is 1.85. The molecule has 1 aromatic carbocycles. The fourth-order valence-electron chi connectivity index (χ4n) is 2.25. The zero-order valence-electron chi connectivity index (χ0n) is 15.2. The van der Waals surface area contributed by atoms with Gasteiger partial charge in [0.25, 0.3) is 5.91 Å². The molecule has 26 heavy (non-hydrogen) atoms. The quantitative estimate of drug-likeness (QED) is 0.534. The number of nitrogens with one attached hydrogen (secondary N) is 3. The van der Waals surface area contributed by atoms with E-state index in [4.69, 9.17) is 17.0 Å². The molecule has 2 rings (SSSR count). The number of carbonyl (C=O) groups excluding carboxylic acids is 2. The van der Waals surface area contributed by atoms with Crippen LogP contribution in [0.15, 0.2) is 36.5 Å². The molecule has 0 atom stereocenters. The highest BCUT2D eigenvalue weighted by molar-refractivity contribution is 7.71. The molecule has 8 heteroatoms. The van der Waals surface area contributed by atoms with Crippen LogP contribution in [0.2, 0.25) is 0 Å². The van der Waals surface area contributed by atoms with E-state index >= 15 is 0 Å². The largest absolute Gasteiger partial charge is 0.444 e. The highest BCUT2D eigenvalue weighted by atomic mass is 32.1. The Labute approximate surface area is 157 Å². The van der Waals surface area contributed by atoms with Crippen molar-refractivity contribution in [1.29, 1.82) is 0 Å². The molecule has 3 N–H and O–H groups in total. The van der Waals surface area contributed by atoms with Crippen LogP contribution in [0.4, 0.5) is 4.79 Å². The van der Waals surface area contributed by atoms with Crippen molar-refractivity contribution in [1.82, 2.24) is 20.2 Å². The number of aromatic nitrogens is 2. The van der Waals surface area contributed by atoms with E-state index < -0.39 is 11.7 Å². The molecular weight excluding hydrogens is 352 g/mol. The SMILES string of the molecule is CC(C)(C)OC(=O)NCCCNC(=O)c1c[nH]c(=S)n1-c1ccccc1. The molecule has 0 aliphatic heterocycles. The lowest BCUT2D eigenvalue weighted by Gasteiger charge is -2.19. The molecule has 140 valence electrons. The lowest BCUT2D eigenvalue weighted by Crippen LogP contribution is -2.34. The van der Waals surface area contributed by atoms with Gasteiger partial charge in [0, 0.05) is 25.0 Å². The third-order valence-corrected chi connectivity index (χ3v) is 3.63. The summed E-state index contributed by atoms with van der Waals surface area (Å²) in [6.45, 7) is 6.24. The maximum absolute atomic E-state index is 12.4.